The molecule has 0 aliphatic heterocycles. The lowest BCUT2D eigenvalue weighted by Gasteiger charge is -2.16. The average Bonchev–Trinajstić information content (AvgIpc) is 2.94. The van der Waals surface area contributed by atoms with Crippen LogP contribution >= 0.6 is 11.3 Å². The van der Waals surface area contributed by atoms with Crippen LogP contribution in [0.2, 0.25) is 0 Å². The van der Waals surface area contributed by atoms with Crippen molar-refractivity contribution in [3.63, 3.8) is 0 Å². The molecule has 21 heavy (non-hydrogen) atoms. The smallest absolute Gasteiger partial charge is 0.119 e. The van der Waals surface area contributed by atoms with Crippen molar-refractivity contribution in [1.82, 2.24) is 4.98 Å². The molecule has 0 radical (unpaired) electrons. The fraction of sp³-hybridized carbons (Fsp3) is 0.471. The third-order valence-electron chi connectivity index (χ3n) is 3.54. The first-order valence-electron chi connectivity index (χ1n) is 7.23. The largest absolute Gasteiger partial charge is 0.497 e. The van der Waals surface area contributed by atoms with Crippen molar-refractivity contribution in [2.45, 2.75) is 38.5 Å². The lowest BCUT2D eigenvalue weighted by Crippen LogP contribution is -2.16. The van der Waals surface area contributed by atoms with Crippen molar-refractivity contribution in [2.75, 3.05) is 13.7 Å². The molecule has 0 bridgehead atoms. The van der Waals surface area contributed by atoms with Gasteiger partial charge in [-0.15, -0.1) is 11.3 Å². The highest BCUT2D eigenvalue weighted by molar-refractivity contribution is 7.09. The van der Waals surface area contributed by atoms with Gasteiger partial charge in [0, 0.05) is 23.3 Å². The zero-order valence-corrected chi connectivity index (χ0v) is 14.0. The highest BCUT2D eigenvalue weighted by Crippen LogP contribution is 2.29. The fourth-order valence-electron chi connectivity index (χ4n) is 2.18. The van der Waals surface area contributed by atoms with Gasteiger partial charge in [-0.3, -0.25) is 0 Å². The minimum absolute atomic E-state index is 0.0872. The molecule has 114 valence electrons. The van der Waals surface area contributed by atoms with E-state index in [0.29, 0.717) is 6.54 Å². The molecule has 1 aromatic heterocycles. The molecule has 2 aromatic rings. The minimum Gasteiger partial charge on any atom is -0.497 e. The summed E-state index contributed by atoms with van der Waals surface area (Å²) in [6.07, 6.45) is 0.894. The predicted molar refractivity (Wildman–Crippen MR) is 89.3 cm³/mol. The highest BCUT2D eigenvalue weighted by atomic mass is 32.1. The van der Waals surface area contributed by atoms with E-state index in [2.05, 4.69) is 38.3 Å². The third-order valence-corrected chi connectivity index (χ3v) is 4.55. The number of methoxy groups -OCH3 is 1. The zero-order valence-electron chi connectivity index (χ0n) is 13.2. The first-order chi connectivity index (χ1) is 9.94. The molecule has 1 unspecified atom stereocenters. The summed E-state index contributed by atoms with van der Waals surface area (Å²) in [5.41, 5.74) is 8.44. The van der Waals surface area contributed by atoms with Gasteiger partial charge < -0.3 is 10.5 Å². The second-order valence-electron chi connectivity index (χ2n) is 6.31. The van der Waals surface area contributed by atoms with E-state index in [4.69, 9.17) is 15.5 Å². The fourth-order valence-corrected chi connectivity index (χ4v) is 3.34. The molecule has 1 aromatic carbocycles. The zero-order chi connectivity index (χ0) is 15.5. The number of thiazole rings is 1. The van der Waals surface area contributed by atoms with Crippen molar-refractivity contribution in [2.24, 2.45) is 5.73 Å². The normalized spacial score (nSPS) is 13.2. The van der Waals surface area contributed by atoms with E-state index in [9.17, 15) is 0 Å². The maximum absolute atomic E-state index is 5.98. The number of hydrogen-bond acceptors (Lipinski definition) is 4. The molecule has 0 aliphatic rings. The summed E-state index contributed by atoms with van der Waals surface area (Å²) in [6.45, 7) is 7.16. The number of hydrogen-bond donors (Lipinski definition) is 1. The molecule has 0 saturated heterocycles. The Morgan fingerprint density at radius 1 is 1.33 bits per heavy atom. The Labute approximate surface area is 131 Å². The van der Waals surface area contributed by atoms with Gasteiger partial charge in [0.2, 0.25) is 0 Å². The van der Waals surface area contributed by atoms with Crippen LogP contribution in [-0.4, -0.2) is 18.6 Å². The summed E-state index contributed by atoms with van der Waals surface area (Å²) in [6, 6.07) is 8.16. The number of nitrogens with zero attached hydrogens (tertiary/aromatic N) is 1. The van der Waals surface area contributed by atoms with Crippen molar-refractivity contribution >= 4 is 11.3 Å². The monoisotopic (exact) mass is 304 g/mol. The Morgan fingerprint density at radius 3 is 2.67 bits per heavy atom. The maximum atomic E-state index is 5.98. The summed E-state index contributed by atoms with van der Waals surface area (Å²) in [4.78, 5) is 4.80. The van der Waals surface area contributed by atoms with Crippen LogP contribution in [0.1, 0.15) is 43.0 Å². The minimum atomic E-state index is 0.0872. The third kappa shape index (κ3) is 4.05. The van der Waals surface area contributed by atoms with E-state index in [1.807, 2.05) is 12.1 Å². The summed E-state index contributed by atoms with van der Waals surface area (Å²) >= 11 is 1.72. The van der Waals surface area contributed by atoms with Crippen LogP contribution in [0.25, 0.3) is 0 Å². The van der Waals surface area contributed by atoms with Gasteiger partial charge >= 0.3 is 0 Å². The quantitative estimate of drug-likeness (QED) is 0.915. The molecule has 0 aliphatic carbocycles. The van der Waals surface area contributed by atoms with Gasteiger partial charge in [0.05, 0.1) is 17.8 Å². The van der Waals surface area contributed by atoms with Crippen molar-refractivity contribution in [1.29, 1.82) is 0 Å². The van der Waals surface area contributed by atoms with E-state index in [1.165, 1.54) is 5.56 Å². The summed E-state index contributed by atoms with van der Waals surface area (Å²) < 4.78 is 5.28. The predicted octanol–water partition coefficient (Wildman–Crippen LogP) is 3.73. The van der Waals surface area contributed by atoms with E-state index in [-0.39, 0.29) is 11.3 Å². The van der Waals surface area contributed by atoms with Crippen molar-refractivity contribution in [3.8, 4) is 5.75 Å². The number of aromatic nitrogens is 1. The van der Waals surface area contributed by atoms with Crippen LogP contribution in [0.15, 0.2) is 29.6 Å². The molecule has 0 amide bonds. The van der Waals surface area contributed by atoms with Gasteiger partial charge in [0.1, 0.15) is 5.75 Å². The van der Waals surface area contributed by atoms with Gasteiger partial charge in [-0.05, 0) is 24.1 Å². The van der Waals surface area contributed by atoms with Gasteiger partial charge in [-0.25, -0.2) is 4.98 Å². The maximum Gasteiger partial charge on any atom is 0.119 e. The van der Waals surface area contributed by atoms with Crippen LogP contribution in [0.5, 0.6) is 5.75 Å². The molecule has 2 rings (SSSR count). The number of nitrogens with two attached hydrogens (primary N) is 1. The molecule has 0 fully saturated rings. The van der Waals surface area contributed by atoms with Crippen molar-refractivity contribution < 1.29 is 4.74 Å². The lowest BCUT2D eigenvalue weighted by molar-refractivity contribution is 0.414. The Balaban J connectivity index is 2.17. The van der Waals surface area contributed by atoms with E-state index in [0.717, 1.165) is 22.9 Å². The molecule has 4 heteroatoms. The van der Waals surface area contributed by atoms with Crippen LogP contribution < -0.4 is 10.5 Å². The van der Waals surface area contributed by atoms with Crippen LogP contribution in [0, 0.1) is 0 Å². The Kier molecular flexibility index (Phi) is 5.01. The standard InChI is InChI=1S/C17H24N2OS/c1-17(2,3)15-11-21-16(19-15)13(10-18)8-12-6-5-7-14(9-12)20-4/h5-7,9,11,13H,8,10,18H2,1-4H3. The summed E-state index contributed by atoms with van der Waals surface area (Å²) in [7, 11) is 1.69. The number of benzene rings is 1. The molecule has 1 heterocycles. The Morgan fingerprint density at radius 2 is 2.10 bits per heavy atom. The summed E-state index contributed by atoms with van der Waals surface area (Å²) in [5, 5.41) is 3.29. The van der Waals surface area contributed by atoms with Gasteiger partial charge in [-0.1, -0.05) is 32.9 Å². The second-order valence-corrected chi connectivity index (χ2v) is 7.20. The van der Waals surface area contributed by atoms with Gasteiger partial charge in [0.25, 0.3) is 0 Å². The summed E-state index contributed by atoms with van der Waals surface area (Å²) in [5.74, 6) is 1.15. The van der Waals surface area contributed by atoms with Gasteiger partial charge in [-0.2, -0.15) is 0 Å². The first kappa shape index (κ1) is 16.0. The Bertz CT molecular complexity index is 586. The molecule has 1 atom stereocenters. The number of rotatable bonds is 5. The van der Waals surface area contributed by atoms with E-state index >= 15 is 0 Å². The van der Waals surface area contributed by atoms with E-state index in [1.54, 1.807) is 18.4 Å². The molecular weight excluding hydrogens is 280 g/mol. The van der Waals surface area contributed by atoms with Crippen LogP contribution in [0.3, 0.4) is 0 Å². The topological polar surface area (TPSA) is 48.1 Å². The lowest BCUT2D eigenvalue weighted by atomic mass is 9.93. The molecule has 2 N–H and O–H groups in total. The first-order valence-corrected chi connectivity index (χ1v) is 8.11. The highest BCUT2D eigenvalue weighted by Gasteiger charge is 2.21. The van der Waals surface area contributed by atoms with Crippen LogP contribution in [-0.2, 0) is 11.8 Å². The molecule has 0 saturated carbocycles. The number of ether oxygens (including phenoxy) is 1. The van der Waals surface area contributed by atoms with Gasteiger partial charge in [0.15, 0.2) is 0 Å². The van der Waals surface area contributed by atoms with Crippen molar-refractivity contribution in [3.05, 3.63) is 45.9 Å². The SMILES string of the molecule is COc1cccc(CC(CN)c2nc(C(C)(C)C)cs2)c1. The molecule has 3 nitrogen and oxygen atoms in total. The second kappa shape index (κ2) is 6.58. The molecular formula is C17H24N2OS. The van der Waals surface area contributed by atoms with E-state index < -0.39 is 0 Å². The Hall–Kier alpha value is -1.39. The molecule has 0 spiro atoms. The van der Waals surface area contributed by atoms with Crippen LogP contribution in [0.4, 0.5) is 0 Å². The average molecular weight is 304 g/mol.